The minimum absolute atomic E-state index is 0.111. The number of rotatable bonds is 2. The van der Waals surface area contributed by atoms with E-state index < -0.39 is 24.2 Å². The molecule has 1 aromatic heterocycles. The molecule has 124 valence electrons. The first-order valence-electron chi connectivity index (χ1n) is 7.62. The molecule has 1 aliphatic rings. The van der Waals surface area contributed by atoms with E-state index in [-0.39, 0.29) is 5.56 Å². The van der Waals surface area contributed by atoms with E-state index in [0.29, 0.717) is 16.4 Å². The van der Waals surface area contributed by atoms with E-state index in [1.54, 1.807) is 19.3 Å². The van der Waals surface area contributed by atoms with E-state index in [4.69, 9.17) is 9.31 Å². The maximum atomic E-state index is 14.0. The van der Waals surface area contributed by atoms with E-state index in [9.17, 15) is 8.78 Å². The van der Waals surface area contributed by atoms with Crippen molar-refractivity contribution in [3.05, 3.63) is 23.9 Å². The van der Waals surface area contributed by atoms with Crippen LogP contribution in [0.1, 0.15) is 40.2 Å². The highest BCUT2D eigenvalue weighted by Gasteiger charge is 2.52. The van der Waals surface area contributed by atoms with Gasteiger partial charge < -0.3 is 9.31 Å². The van der Waals surface area contributed by atoms with Crippen LogP contribution in [0.15, 0.2) is 18.3 Å². The van der Waals surface area contributed by atoms with Crippen molar-refractivity contribution in [1.29, 1.82) is 0 Å². The predicted molar refractivity (Wildman–Crippen MR) is 86.0 cm³/mol. The van der Waals surface area contributed by atoms with Gasteiger partial charge in [-0.25, -0.2) is 8.78 Å². The molecule has 4 nitrogen and oxygen atoms in total. The third kappa shape index (κ3) is 2.66. The molecule has 1 saturated heterocycles. The molecule has 2 heterocycles. The van der Waals surface area contributed by atoms with Crippen molar-refractivity contribution in [2.75, 3.05) is 0 Å². The molecular weight excluding hydrogens is 301 g/mol. The molecule has 0 atom stereocenters. The van der Waals surface area contributed by atoms with Crippen LogP contribution in [0.2, 0.25) is 0 Å². The molecule has 0 N–H and O–H groups in total. The number of aromatic nitrogens is 2. The Bertz CT molecular complexity index is 749. The number of fused-ring (bicyclic) bond motifs is 1. The van der Waals surface area contributed by atoms with Gasteiger partial charge in [-0.05, 0) is 33.2 Å². The molecule has 0 amide bonds. The molecule has 0 aliphatic carbocycles. The summed E-state index contributed by atoms with van der Waals surface area (Å²) in [5.41, 5.74) is -0.256. The normalized spacial score (nSPS) is 20.4. The summed E-state index contributed by atoms with van der Waals surface area (Å²) >= 11 is 0. The Morgan fingerprint density at radius 1 is 1.13 bits per heavy atom. The number of hydrogen-bond acceptors (Lipinski definition) is 3. The summed E-state index contributed by atoms with van der Waals surface area (Å²) in [6.45, 7) is 8.62. The van der Waals surface area contributed by atoms with Crippen LogP contribution in [0, 0.1) is 0 Å². The average molecular weight is 322 g/mol. The van der Waals surface area contributed by atoms with Crippen LogP contribution in [0.3, 0.4) is 0 Å². The van der Waals surface area contributed by atoms with Crippen LogP contribution < -0.4 is 5.46 Å². The third-order valence-electron chi connectivity index (χ3n) is 4.74. The van der Waals surface area contributed by atoms with Crippen molar-refractivity contribution >= 4 is 23.5 Å². The largest absolute Gasteiger partial charge is 0.494 e. The summed E-state index contributed by atoms with van der Waals surface area (Å²) in [4.78, 5) is 0. The molecule has 23 heavy (non-hydrogen) atoms. The number of hydrogen-bond donors (Lipinski definition) is 0. The van der Waals surface area contributed by atoms with Gasteiger partial charge in [0.05, 0.1) is 11.2 Å². The Balaban J connectivity index is 2.13. The van der Waals surface area contributed by atoms with Crippen LogP contribution in [0.4, 0.5) is 8.78 Å². The monoisotopic (exact) mass is 322 g/mol. The Kier molecular flexibility index (Phi) is 3.40. The number of nitrogens with zero attached hydrogens (tertiary/aromatic N) is 2. The quantitative estimate of drug-likeness (QED) is 0.798. The van der Waals surface area contributed by atoms with E-state index in [1.165, 1.54) is 10.7 Å². The molecule has 3 rings (SSSR count). The van der Waals surface area contributed by atoms with E-state index in [1.807, 2.05) is 27.7 Å². The fraction of sp³-hybridized carbons (Fsp3) is 0.562. The highest BCUT2D eigenvalue weighted by molar-refractivity contribution is 6.62. The summed E-state index contributed by atoms with van der Waals surface area (Å²) in [6.07, 6.45) is 1.72. The van der Waals surface area contributed by atoms with Crippen molar-refractivity contribution in [3.63, 3.8) is 0 Å². The van der Waals surface area contributed by atoms with Crippen LogP contribution >= 0.6 is 0 Å². The first-order valence-corrected chi connectivity index (χ1v) is 7.62. The summed E-state index contributed by atoms with van der Waals surface area (Å²) in [5, 5.41) is 4.81. The number of halogens is 2. The maximum Gasteiger partial charge on any atom is 0.494 e. The third-order valence-corrected chi connectivity index (χ3v) is 4.74. The second-order valence-corrected chi connectivity index (χ2v) is 7.29. The van der Waals surface area contributed by atoms with Crippen molar-refractivity contribution in [3.8, 4) is 0 Å². The van der Waals surface area contributed by atoms with E-state index in [0.717, 1.165) is 6.92 Å². The molecule has 0 bridgehead atoms. The van der Waals surface area contributed by atoms with Gasteiger partial charge in [-0.3, -0.25) is 4.68 Å². The van der Waals surface area contributed by atoms with Crippen LogP contribution in [-0.4, -0.2) is 28.1 Å². The predicted octanol–water partition coefficient (Wildman–Crippen LogP) is 2.98. The van der Waals surface area contributed by atoms with Crippen LogP contribution in [0.25, 0.3) is 10.9 Å². The lowest BCUT2D eigenvalue weighted by Gasteiger charge is -2.32. The topological polar surface area (TPSA) is 36.3 Å². The van der Waals surface area contributed by atoms with Crippen molar-refractivity contribution in [2.24, 2.45) is 7.05 Å². The smallest absolute Gasteiger partial charge is 0.399 e. The van der Waals surface area contributed by atoms with Crippen LogP contribution in [0.5, 0.6) is 0 Å². The van der Waals surface area contributed by atoms with Gasteiger partial charge in [0.1, 0.15) is 5.52 Å². The molecule has 7 heteroatoms. The van der Waals surface area contributed by atoms with Crippen molar-refractivity contribution < 1.29 is 18.1 Å². The lowest BCUT2D eigenvalue weighted by atomic mass is 9.77. The number of aryl methyl sites for hydroxylation is 1. The Hall–Kier alpha value is -1.47. The van der Waals surface area contributed by atoms with Gasteiger partial charge in [0.2, 0.25) is 0 Å². The minimum atomic E-state index is -2.99. The van der Waals surface area contributed by atoms with Gasteiger partial charge in [0.25, 0.3) is 5.92 Å². The van der Waals surface area contributed by atoms with Gasteiger partial charge >= 0.3 is 7.12 Å². The summed E-state index contributed by atoms with van der Waals surface area (Å²) in [6, 6.07) is 3.25. The highest BCUT2D eigenvalue weighted by Crippen LogP contribution is 2.37. The number of benzene rings is 1. The molecule has 1 fully saturated rings. The average Bonchev–Trinajstić information content (AvgIpc) is 2.83. The second kappa shape index (κ2) is 4.77. The SMILES string of the molecule is Cn1cc2cc(B3OC(C)(C)C(C)(C)O3)cc(C(C)(F)F)c2n1. The second-order valence-electron chi connectivity index (χ2n) is 7.29. The molecule has 0 spiro atoms. The Morgan fingerprint density at radius 3 is 2.22 bits per heavy atom. The van der Waals surface area contributed by atoms with E-state index in [2.05, 4.69) is 5.10 Å². The first-order chi connectivity index (χ1) is 10.4. The maximum absolute atomic E-state index is 14.0. The fourth-order valence-electron chi connectivity index (χ4n) is 2.73. The van der Waals surface area contributed by atoms with Crippen molar-refractivity contribution in [2.45, 2.75) is 51.7 Å². The summed E-state index contributed by atoms with van der Waals surface area (Å²) in [5.74, 6) is -2.99. The zero-order valence-electron chi connectivity index (χ0n) is 14.3. The molecular formula is C16H21BF2N2O2. The number of alkyl halides is 2. The Labute approximate surface area is 134 Å². The molecule has 1 aliphatic heterocycles. The standard InChI is InChI=1S/C16H21BF2N2O2/c1-14(2)15(3,4)23-17(22-14)11-7-10-9-21(6)20-13(10)12(8-11)16(5,18)19/h7-9H,1-6H3. The molecule has 0 unspecified atom stereocenters. The first kappa shape index (κ1) is 16.4. The summed E-state index contributed by atoms with van der Waals surface area (Å²) < 4.78 is 41.6. The lowest BCUT2D eigenvalue weighted by molar-refractivity contribution is 0.00578. The van der Waals surface area contributed by atoms with E-state index >= 15 is 0 Å². The van der Waals surface area contributed by atoms with Gasteiger partial charge in [0.15, 0.2) is 0 Å². The Morgan fingerprint density at radius 2 is 1.70 bits per heavy atom. The van der Waals surface area contributed by atoms with Crippen molar-refractivity contribution in [1.82, 2.24) is 9.78 Å². The van der Waals surface area contributed by atoms with Gasteiger partial charge in [-0.2, -0.15) is 5.10 Å². The van der Waals surface area contributed by atoms with Gasteiger partial charge in [-0.15, -0.1) is 0 Å². The zero-order valence-corrected chi connectivity index (χ0v) is 14.3. The molecule has 2 aromatic rings. The van der Waals surface area contributed by atoms with Gasteiger partial charge in [0, 0.05) is 31.1 Å². The van der Waals surface area contributed by atoms with Crippen LogP contribution in [-0.2, 0) is 22.3 Å². The van der Waals surface area contributed by atoms with Gasteiger partial charge in [-0.1, -0.05) is 12.1 Å². The molecule has 0 saturated carbocycles. The molecule has 1 aromatic carbocycles. The summed E-state index contributed by atoms with van der Waals surface area (Å²) in [7, 11) is 1.04. The fourth-order valence-corrected chi connectivity index (χ4v) is 2.73. The minimum Gasteiger partial charge on any atom is -0.399 e. The highest BCUT2D eigenvalue weighted by atomic mass is 19.3. The zero-order chi connectivity index (χ0) is 17.2. The molecule has 0 radical (unpaired) electrons. The lowest BCUT2D eigenvalue weighted by Crippen LogP contribution is -2.41.